The van der Waals surface area contributed by atoms with E-state index < -0.39 is 0 Å². The van der Waals surface area contributed by atoms with Crippen molar-refractivity contribution in [2.75, 3.05) is 39.8 Å². The zero-order valence-corrected chi connectivity index (χ0v) is 17.7. The van der Waals surface area contributed by atoms with Gasteiger partial charge in [-0.25, -0.2) is 0 Å². The maximum Gasteiger partial charge on any atom is 0.223 e. The van der Waals surface area contributed by atoms with E-state index >= 15 is 0 Å². The molecule has 160 valence electrons. The molecule has 29 heavy (non-hydrogen) atoms. The Morgan fingerprint density at radius 2 is 1.86 bits per heavy atom. The number of amides is 1. The van der Waals surface area contributed by atoms with Crippen LogP contribution in [-0.4, -0.2) is 56.6 Å². The molecule has 0 aromatic heterocycles. The number of nitrogens with one attached hydrogen (secondary N) is 2. The molecule has 0 spiro atoms. The molecule has 2 aliphatic rings. The average Bonchev–Trinajstić information content (AvgIpc) is 3.23. The van der Waals surface area contributed by atoms with Crippen LogP contribution in [0.2, 0.25) is 0 Å². The van der Waals surface area contributed by atoms with E-state index in [1.54, 1.807) is 0 Å². The molecule has 2 fully saturated rings. The largest absolute Gasteiger partial charge is 0.376 e. The van der Waals surface area contributed by atoms with Crippen LogP contribution in [-0.2, 0) is 16.1 Å². The molecule has 1 unspecified atom stereocenters. The first-order valence-corrected chi connectivity index (χ1v) is 11.1. The van der Waals surface area contributed by atoms with E-state index in [1.165, 1.54) is 24.8 Å². The Hall–Kier alpha value is -2.08. The SMILES string of the molecule is CN=C(NCCNC(=O)C1CCCCC1)N1CCC(COCc2ccccc2)C1. The van der Waals surface area contributed by atoms with Crippen LogP contribution in [0.3, 0.4) is 0 Å². The maximum absolute atomic E-state index is 12.2. The summed E-state index contributed by atoms with van der Waals surface area (Å²) in [5.41, 5.74) is 1.22. The fraction of sp³-hybridized carbons (Fsp3) is 0.652. The summed E-state index contributed by atoms with van der Waals surface area (Å²) in [4.78, 5) is 18.9. The molecule has 3 rings (SSSR count). The maximum atomic E-state index is 12.2. The normalized spacial score (nSPS) is 20.7. The Morgan fingerprint density at radius 1 is 1.10 bits per heavy atom. The molecule has 1 heterocycles. The highest BCUT2D eigenvalue weighted by Gasteiger charge is 2.25. The number of rotatable bonds is 8. The second kappa shape index (κ2) is 11.8. The molecule has 1 atom stereocenters. The van der Waals surface area contributed by atoms with Crippen LogP contribution in [0.1, 0.15) is 44.1 Å². The Balaban J connectivity index is 1.30. The Bertz CT molecular complexity index is 644. The molecule has 1 amide bonds. The van der Waals surface area contributed by atoms with Crippen molar-refractivity contribution >= 4 is 11.9 Å². The number of hydrogen-bond acceptors (Lipinski definition) is 3. The number of guanidine groups is 1. The van der Waals surface area contributed by atoms with Crippen molar-refractivity contribution in [3.05, 3.63) is 35.9 Å². The minimum atomic E-state index is 0.221. The van der Waals surface area contributed by atoms with Gasteiger partial charge in [-0.2, -0.15) is 0 Å². The summed E-state index contributed by atoms with van der Waals surface area (Å²) in [7, 11) is 1.82. The van der Waals surface area contributed by atoms with Crippen LogP contribution in [0.25, 0.3) is 0 Å². The van der Waals surface area contributed by atoms with Gasteiger partial charge < -0.3 is 20.3 Å². The van der Waals surface area contributed by atoms with Gasteiger partial charge in [-0.15, -0.1) is 0 Å². The highest BCUT2D eigenvalue weighted by molar-refractivity contribution is 5.80. The third kappa shape index (κ3) is 7.03. The van der Waals surface area contributed by atoms with Gasteiger partial charge in [-0.1, -0.05) is 49.6 Å². The van der Waals surface area contributed by atoms with Gasteiger partial charge in [0.1, 0.15) is 0 Å². The number of aliphatic imine (C=N–C) groups is 1. The van der Waals surface area contributed by atoms with Gasteiger partial charge in [0.05, 0.1) is 13.2 Å². The quantitative estimate of drug-likeness (QED) is 0.400. The number of carbonyl (C=O) groups is 1. The number of hydrogen-bond donors (Lipinski definition) is 2. The first-order chi connectivity index (χ1) is 14.3. The molecule has 6 nitrogen and oxygen atoms in total. The molecule has 2 N–H and O–H groups in total. The van der Waals surface area contributed by atoms with E-state index in [4.69, 9.17) is 4.74 Å². The summed E-state index contributed by atoms with van der Waals surface area (Å²) in [6.07, 6.45) is 6.86. The standard InChI is InChI=1S/C23H36N4O2/c1-24-23(26-14-13-25-22(28)21-10-6-3-7-11-21)27-15-12-20(16-27)18-29-17-19-8-4-2-5-9-19/h2,4-5,8-9,20-21H,3,6-7,10-18H2,1H3,(H,24,26)(H,25,28). The van der Waals surface area contributed by atoms with Crippen LogP contribution < -0.4 is 10.6 Å². The lowest BCUT2D eigenvalue weighted by Crippen LogP contribution is -2.44. The summed E-state index contributed by atoms with van der Waals surface area (Å²) < 4.78 is 5.91. The van der Waals surface area contributed by atoms with Gasteiger partial charge in [-0.3, -0.25) is 9.79 Å². The van der Waals surface area contributed by atoms with Crippen molar-refractivity contribution in [1.82, 2.24) is 15.5 Å². The second-order valence-electron chi connectivity index (χ2n) is 8.20. The number of benzene rings is 1. The molecule has 1 aliphatic heterocycles. The summed E-state index contributed by atoms with van der Waals surface area (Å²) in [6, 6.07) is 10.3. The van der Waals surface area contributed by atoms with Crippen LogP contribution in [0.15, 0.2) is 35.3 Å². The van der Waals surface area contributed by atoms with Crippen molar-refractivity contribution in [3.8, 4) is 0 Å². The zero-order valence-electron chi connectivity index (χ0n) is 17.7. The lowest BCUT2D eigenvalue weighted by molar-refractivity contribution is -0.125. The number of nitrogens with zero attached hydrogens (tertiary/aromatic N) is 2. The number of ether oxygens (including phenoxy) is 1. The highest BCUT2D eigenvalue weighted by Crippen LogP contribution is 2.23. The fourth-order valence-corrected chi connectivity index (χ4v) is 4.28. The summed E-state index contributed by atoms with van der Waals surface area (Å²) >= 11 is 0. The van der Waals surface area contributed by atoms with Gasteiger partial charge in [0, 0.05) is 45.1 Å². The first kappa shape index (κ1) is 21.6. The predicted molar refractivity (Wildman–Crippen MR) is 117 cm³/mol. The molecule has 0 bridgehead atoms. The van der Waals surface area contributed by atoms with Crippen molar-refractivity contribution < 1.29 is 9.53 Å². The summed E-state index contributed by atoms with van der Waals surface area (Å²) in [5, 5.41) is 6.47. The first-order valence-electron chi connectivity index (χ1n) is 11.1. The minimum Gasteiger partial charge on any atom is -0.376 e. The summed E-state index contributed by atoms with van der Waals surface area (Å²) in [5.74, 6) is 1.89. The Kier molecular flexibility index (Phi) is 8.81. The molecule has 1 aromatic carbocycles. The third-order valence-corrected chi connectivity index (χ3v) is 5.95. The molecule has 1 saturated heterocycles. The molecule has 1 aromatic rings. The average molecular weight is 401 g/mol. The van der Waals surface area contributed by atoms with E-state index in [0.717, 1.165) is 44.9 Å². The van der Waals surface area contributed by atoms with Gasteiger partial charge in [0.25, 0.3) is 0 Å². The van der Waals surface area contributed by atoms with Gasteiger partial charge in [0.2, 0.25) is 5.91 Å². The topological polar surface area (TPSA) is 66.0 Å². The van der Waals surface area contributed by atoms with E-state index in [0.29, 0.717) is 25.6 Å². The lowest BCUT2D eigenvalue weighted by Gasteiger charge is -2.23. The van der Waals surface area contributed by atoms with Gasteiger partial charge in [0.15, 0.2) is 5.96 Å². The molecule has 1 aliphatic carbocycles. The monoisotopic (exact) mass is 400 g/mol. The van der Waals surface area contributed by atoms with Crippen molar-refractivity contribution in [1.29, 1.82) is 0 Å². The van der Waals surface area contributed by atoms with Crippen LogP contribution in [0.5, 0.6) is 0 Å². The van der Waals surface area contributed by atoms with Crippen molar-refractivity contribution in [2.24, 2.45) is 16.8 Å². The van der Waals surface area contributed by atoms with Gasteiger partial charge in [-0.05, 0) is 24.8 Å². The Labute approximate surface area is 175 Å². The van der Waals surface area contributed by atoms with Crippen LogP contribution in [0.4, 0.5) is 0 Å². The minimum absolute atomic E-state index is 0.221. The van der Waals surface area contributed by atoms with Crippen LogP contribution >= 0.6 is 0 Å². The fourth-order valence-electron chi connectivity index (χ4n) is 4.28. The molecule has 1 saturated carbocycles. The van der Waals surface area contributed by atoms with Crippen molar-refractivity contribution in [2.45, 2.75) is 45.1 Å². The predicted octanol–water partition coefficient (Wildman–Crippen LogP) is 2.80. The van der Waals surface area contributed by atoms with Crippen LogP contribution in [0, 0.1) is 11.8 Å². The third-order valence-electron chi connectivity index (χ3n) is 5.95. The second-order valence-corrected chi connectivity index (χ2v) is 8.20. The van der Waals surface area contributed by atoms with Gasteiger partial charge >= 0.3 is 0 Å². The Morgan fingerprint density at radius 3 is 2.62 bits per heavy atom. The van der Waals surface area contributed by atoms with E-state index in [2.05, 4.69) is 32.7 Å². The van der Waals surface area contributed by atoms with E-state index in [-0.39, 0.29) is 11.8 Å². The molecular formula is C23H36N4O2. The zero-order chi connectivity index (χ0) is 20.3. The summed E-state index contributed by atoms with van der Waals surface area (Å²) in [6.45, 7) is 4.75. The highest BCUT2D eigenvalue weighted by atomic mass is 16.5. The smallest absolute Gasteiger partial charge is 0.223 e. The van der Waals surface area contributed by atoms with Crippen molar-refractivity contribution in [3.63, 3.8) is 0 Å². The number of likely N-dealkylation sites (tertiary alicyclic amines) is 1. The molecule has 0 radical (unpaired) electrons. The molecular weight excluding hydrogens is 364 g/mol. The molecule has 6 heteroatoms. The van der Waals surface area contributed by atoms with E-state index in [9.17, 15) is 4.79 Å². The lowest BCUT2D eigenvalue weighted by atomic mass is 9.89. The van der Waals surface area contributed by atoms with E-state index in [1.807, 2.05) is 25.2 Å². The number of carbonyl (C=O) groups excluding carboxylic acids is 1.